The minimum atomic E-state index is -1.95. The molecule has 7 nitrogen and oxygen atoms in total. The highest BCUT2D eigenvalue weighted by molar-refractivity contribution is 7.80. The number of anilines is 1. The fourth-order valence-corrected chi connectivity index (χ4v) is 3.47. The number of halogens is 4. The highest BCUT2D eigenvalue weighted by atomic mass is 32.1. The van der Waals surface area contributed by atoms with E-state index in [2.05, 4.69) is 15.0 Å². The average molecular weight is 505 g/mol. The Bertz CT molecular complexity index is 1480. The van der Waals surface area contributed by atoms with E-state index in [1.807, 2.05) is 24.4 Å². The van der Waals surface area contributed by atoms with Crippen molar-refractivity contribution in [3.05, 3.63) is 70.8 Å². The number of rotatable bonds is 4. The molecule has 0 saturated carbocycles. The molecular weight excluding hydrogens is 490 g/mol. The average Bonchev–Trinajstić information content (AvgIpc) is 3.21. The summed E-state index contributed by atoms with van der Waals surface area (Å²) in [7, 11) is 0.811. The van der Waals surface area contributed by atoms with E-state index in [1.165, 1.54) is 18.2 Å². The quantitative estimate of drug-likeness (QED) is 0.199. The molecule has 1 heterocycles. The number of nitrogens with zero attached hydrogens (tertiary/aromatic N) is 1. The molecule has 4 aromatic rings. The van der Waals surface area contributed by atoms with Crippen LogP contribution in [0.2, 0.25) is 0 Å². The van der Waals surface area contributed by atoms with Gasteiger partial charge in [0.05, 0.1) is 12.7 Å². The van der Waals surface area contributed by atoms with Gasteiger partial charge in [-0.3, -0.25) is 10.1 Å². The second kappa shape index (κ2) is 9.22. The largest absolute Gasteiger partial charge is 0.507 e. The third-order valence-electron chi connectivity index (χ3n) is 4.91. The Labute approximate surface area is 200 Å². The lowest BCUT2D eigenvalue weighted by Gasteiger charge is -2.13. The van der Waals surface area contributed by atoms with Crippen molar-refractivity contribution in [3.63, 3.8) is 0 Å². The first kappa shape index (κ1) is 24.0. The molecule has 1 aromatic heterocycles. The molecule has 0 spiro atoms. The van der Waals surface area contributed by atoms with Crippen LogP contribution in [-0.4, -0.2) is 28.2 Å². The van der Waals surface area contributed by atoms with Crippen LogP contribution in [0, 0.1) is 30.2 Å². The van der Waals surface area contributed by atoms with Gasteiger partial charge in [-0.15, -0.1) is 0 Å². The number of methoxy groups -OCH3 is 1. The van der Waals surface area contributed by atoms with Gasteiger partial charge in [-0.2, -0.15) is 8.78 Å². The van der Waals surface area contributed by atoms with Crippen LogP contribution in [0.1, 0.15) is 15.9 Å². The van der Waals surface area contributed by atoms with Gasteiger partial charge in [0.15, 0.2) is 28.1 Å². The molecule has 0 radical (unpaired) electrons. The summed E-state index contributed by atoms with van der Waals surface area (Å²) in [5, 5.41) is 14.4. The lowest BCUT2D eigenvalue weighted by Crippen LogP contribution is -2.35. The molecule has 4 rings (SSSR count). The minimum Gasteiger partial charge on any atom is -0.507 e. The number of aromatic hydroxyl groups is 1. The molecule has 0 unspecified atom stereocenters. The van der Waals surface area contributed by atoms with Crippen LogP contribution >= 0.6 is 12.2 Å². The predicted molar refractivity (Wildman–Crippen MR) is 122 cm³/mol. The molecule has 0 aliphatic carbocycles. The lowest BCUT2D eigenvalue weighted by atomic mass is 10.1. The Balaban J connectivity index is 1.52. The molecular formula is C23H15F4N3O4S. The Hall–Kier alpha value is -4.19. The number of nitrogens with one attached hydrogen (secondary N) is 2. The summed E-state index contributed by atoms with van der Waals surface area (Å²) in [6, 6.07) is 9.59. The monoisotopic (exact) mass is 505 g/mol. The number of ether oxygens (including phenoxy) is 1. The van der Waals surface area contributed by atoms with Crippen LogP contribution in [0.15, 0.2) is 40.8 Å². The predicted octanol–water partition coefficient (Wildman–Crippen LogP) is 5.20. The number of amides is 1. The van der Waals surface area contributed by atoms with E-state index in [9.17, 15) is 27.5 Å². The Morgan fingerprint density at radius 2 is 1.74 bits per heavy atom. The molecule has 3 N–H and O–H groups in total. The Kier molecular flexibility index (Phi) is 6.31. The van der Waals surface area contributed by atoms with Crippen LogP contribution in [0.4, 0.5) is 23.2 Å². The summed E-state index contributed by atoms with van der Waals surface area (Å²) >= 11 is 4.93. The molecule has 1 amide bonds. The molecule has 180 valence electrons. The maximum absolute atomic E-state index is 14.1. The fourth-order valence-electron chi connectivity index (χ4n) is 3.26. The summed E-state index contributed by atoms with van der Waals surface area (Å²) in [6.45, 7) is 1.90. The van der Waals surface area contributed by atoms with Gasteiger partial charge in [-0.05, 0) is 49.0 Å². The van der Waals surface area contributed by atoms with Crippen molar-refractivity contribution in [3.8, 4) is 23.0 Å². The van der Waals surface area contributed by atoms with E-state index in [1.54, 1.807) is 6.07 Å². The third kappa shape index (κ3) is 4.47. The standard InChI is InChI=1S/C23H15F4N3O4S/c1-9-3-6-14-12(7-9)29-22(34-14)11-5-4-10(8-13(11)31)28-23(35)30-21(32)15-16(24)18(26)20(33-2)19(27)17(15)25/h3-8,31H,1-2H3,(H2,28,30,32,35). The molecule has 0 aliphatic heterocycles. The van der Waals surface area contributed by atoms with Gasteiger partial charge in [0.25, 0.3) is 5.91 Å². The van der Waals surface area contributed by atoms with Gasteiger partial charge < -0.3 is 19.6 Å². The number of thiocarbonyl (C=S) groups is 1. The minimum absolute atomic E-state index is 0.167. The highest BCUT2D eigenvalue weighted by Crippen LogP contribution is 2.33. The molecule has 0 bridgehead atoms. The SMILES string of the molecule is COc1c(F)c(F)c(C(=O)NC(=S)Nc2ccc(-c3nc4cc(C)ccc4o3)c(O)c2)c(F)c1F. The molecule has 0 aliphatic rings. The molecule has 0 fully saturated rings. The number of carbonyl (C=O) groups is 1. The van der Waals surface area contributed by atoms with Crippen molar-refractivity contribution < 1.29 is 36.6 Å². The topological polar surface area (TPSA) is 96.6 Å². The Morgan fingerprint density at radius 1 is 1.06 bits per heavy atom. The van der Waals surface area contributed by atoms with Gasteiger partial charge in [-0.1, -0.05) is 6.07 Å². The van der Waals surface area contributed by atoms with Crippen molar-refractivity contribution in [2.45, 2.75) is 6.92 Å². The van der Waals surface area contributed by atoms with Crippen molar-refractivity contribution in [1.29, 1.82) is 0 Å². The number of aromatic nitrogens is 1. The van der Waals surface area contributed by atoms with Crippen molar-refractivity contribution >= 4 is 40.0 Å². The third-order valence-corrected chi connectivity index (χ3v) is 5.11. The maximum atomic E-state index is 14.1. The van der Waals surface area contributed by atoms with E-state index in [4.69, 9.17) is 16.6 Å². The molecule has 35 heavy (non-hydrogen) atoms. The van der Waals surface area contributed by atoms with Crippen LogP contribution in [-0.2, 0) is 0 Å². The van der Waals surface area contributed by atoms with Gasteiger partial charge in [0.1, 0.15) is 16.8 Å². The van der Waals surface area contributed by atoms with Crippen LogP contribution < -0.4 is 15.4 Å². The smallest absolute Gasteiger partial charge is 0.263 e. The number of fused-ring (bicyclic) bond motifs is 1. The summed E-state index contributed by atoms with van der Waals surface area (Å²) in [5.74, 6) is -10.6. The molecule has 3 aromatic carbocycles. The van der Waals surface area contributed by atoms with Gasteiger partial charge in [0, 0.05) is 11.8 Å². The Morgan fingerprint density at radius 3 is 2.37 bits per heavy atom. The van der Waals surface area contributed by atoms with E-state index in [-0.39, 0.29) is 22.9 Å². The zero-order valence-electron chi connectivity index (χ0n) is 18.0. The van der Waals surface area contributed by atoms with Crippen molar-refractivity contribution in [2.75, 3.05) is 12.4 Å². The van der Waals surface area contributed by atoms with E-state index in [0.29, 0.717) is 11.1 Å². The number of oxazole rings is 1. The van der Waals surface area contributed by atoms with E-state index >= 15 is 0 Å². The first-order valence-electron chi connectivity index (χ1n) is 9.83. The van der Waals surface area contributed by atoms with Crippen LogP contribution in [0.5, 0.6) is 11.5 Å². The van der Waals surface area contributed by atoms with Gasteiger partial charge >= 0.3 is 0 Å². The normalized spacial score (nSPS) is 10.9. The van der Waals surface area contributed by atoms with Crippen molar-refractivity contribution in [1.82, 2.24) is 10.3 Å². The first-order valence-corrected chi connectivity index (χ1v) is 10.2. The second-order valence-corrected chi connectivity index (χ2v) is 7.70. The number of phenolic OH excluding ortho intramolecular Hbond substituents is 1. The zero-order chi connectivity index (χ0) is 25.4. The number of aryl methyl sites for hydroxylation is 1. The summed E-state index contributed by atoms with van der Waals surface area (Å²) in [5.41, 5.74) is 1.05. The van der Waals surface area contributed by atoms with Crippen LogP contribution in [0.3, 0.4) is 0 Å². The summed E-state index contributed by atoms with van der Waals surface area (Å²) in [4.78, 5) is 16.6. The number of hydrogen-bond acceptors (Lipinski definition) is 6. The maximum Gasteiger partial charge on any atom is 0.263 e. The number of hydrogen-bond donors (Lipinski definition) is 3. The summed E-state index contributed by atoms with van der Waals surface area (Å²) in [6.07, 6.45) is 0. The van der Waals surface area contributed by atoms with Gasteiger partial charge in [0.2, 0.25) is 17.5 Å². The van der Waals surface area contributed by atoms with Crippen LogP contribution in [0.25, 0.3) is 22.6 Å². The van der Waals surface area contributed by atoms with E-state index in [0.717, 1.165) is 12.7 Å². The molecule has 0 atom stereocenters. The fraction of sp³-hybridized carbons (Fsp3) is 0.0870. The van der Waals surface area contributed by atoms with Gasteiger partial charge in [-0.25, -0.2) is 13.8 Å². The zero-order valence-corrected chi connectivity index (χ0v) is 18.8. The second-order valence-electron chi connectivity index (χ2n) is 7.29. The highest BCUT2D eigenvalue weighted by Gasteiger charge is 2.30. The first-order chi connectivity index (χ1) is 16.6. The van der Waals surface area contributed by atoms with Crippen molar-refractivity contribution in [2.24, 2.45) is 0 Å². The molecule has 0 saturated heterocycles. The molecule has 12 heteroatoms. The number of benzene rings is 3. The lowest BCUT2D eigenvalue weighted by molar-refractivity contribution is 0.0966. The summed E-state index contributed by atoms with van der Waals surface area (Å²) < 4.78 is 66.0. The number of phenols is 1. The van der Waals surface area contributed by atoms with E-state index < -0.39 is 45.6 Å². The number of carbonyl (C=O) groups excluding carboxylic acids is 1.